The summed E-state index contributed by atoms with van der Waals surface area (Å²) in [4.78, 5) is 0. The van der Waals surface area contributed by atoms with Crippen molar-refractivity contribution in [2.75, 3.05) is 0 Å². The van der Waals surface area contributed by atoms with Gasteiger partial charge >= 0.3 is 0 Å². The monoisotopic (exact) mass is 319 g/mol. The predicted molar refractivity (Wildman–Crippen MR) is 97.0 cm³/mol. The highest BCUT2D eigenvalue weighted by molar-refractivity contribution is 5.51. The maximum Gasteiger partial charge on any atom is 0.123 e. The van der Waals surface area contributed by atoms with Crippen molar-refractivity contribution in [1.82, 2.24) is 0 Å². The van der Waals surface area contributed by atoms with Gasteiger partial charge in [0, 0.05) is 15.6 Å². The molecular weight excluding hydrogens is 284 g/mol. The summed E-state index contributed by atoms with van der Waals surface area (Å²) in [5, 5.41) is 21.3. The highest BCUT2D eigenvalue weighted by Crippen LogP contribution is 2.46. The molecule has 0 bridgehead atoms. The van der Waals surface area contributed by atoms with Crippen LogP contribution in [-0.4, -0.2) is 10.2 Å². The average Bonchev–Trinajstić information content (AvgIpc) is 2.60. The van der Waals surface area contributed by atoms with Crippen LogP contribution in [0.4, 0.5) is 0 Å². The molecule has 126 valence electrons. The summed E-state index contributed by atoms with van der Waals surface area (Å²) in [7, 11) is 0. The minimum Gasteiger partial charge on any atom is -0.507 e. The zero-order chi connectivity index (χ0) is 21.1. The van der Waals surface area contributed by atoms with E-state index in [2.05, 4.69) is 6.92 Å². The number of benzene rings is 1. The van der Waals surface area contributed by atoms with E-state index in [0.717, 1.165) is 31.2 Å². The standard InChI is InChI=1S/C21H30O2/c1-5-6-7-8-16-12-19(22)21(20(23)13-16)18-11-15(4)9-10-17(18)14(2)3/h11-13,17-18,22-23H,2,5-10H2,1,3-4H3/i2D2,4D3. The number of hydrogen-bond donors (Lipinski definition) is 2. The Kier molecular flexibility index (Phi) is 3.95. The lowest BCUT2D eigenvalue weighted by Gasteiger charge is -2.31. The number of hydrogen-bond acceptors (Lipinski definition) is 2. The molecule has 0 spiro atoms. The minimum atomic E-state index is -2.24. The molecule has 0 heterocycles. The first-order chi connectivity index (χ1) is 13.1. The molecule has 0 aliphatic heterocycles. The Morgan fingerprint density at radius 2 is 2.09 bits per heavy atom. The molecule has 23 heavy (non-hydrogen) atoms. The van der Waals surface area contributed by atoms with Gasteiger partial charge in [0.2, 0.25) is 0 Å². The molecule has 2 heteroatoms. The lowest BCUT2D eigenvalue weighted by Crippen LogP contribution is -2.17. The van der Waals surface area contributed by atoms with Crippen molar-refractivity contribution in [3.63, 3.8) is 0 Å². The van der Waals surface area contributed by atoms with Crippen LogP contribution >= 0.6 is 0 Å². The van der Waals surface area contributed by atoms with Crippen LogP contribution in [0.3, 0.4) is 0 Å². The van der Waals surface area contributed by atoms with E-state index in [-0.39, 0.29) is 29.5 Å². The summed E-state index contributed by atoms with van der Waals surface area (Å²) in [5.74, 6) is -1.01. The Labute approximate surface area is 147 Å². The van der Waals surface area contributed by atoms with E-state index in [1.54, 1.807) is 25.1 Å². The van der Waals surface area contributed by atoms with Crippen molar-refractivity contribution < 1.29 is 17.1 Å². The van der Waals surface area contributed by atoms with Gasteiger partial charge in [0.1, 0.15) is 11.5 Å². The third-order valence-corrected chi connectivity index (χ3v) is 4.69. The molecule has 1 aliphatic rings. The SMILES string of the molecule is [2H]C([2H])=C(C)C1CCC(C([2H])([2H])[2H])=CC1c1c(O)cc(CCCCC)cc1O. The first-order valence-corrected chi connectivity index (χ1v) is 8.46. The summed E-state index contributed by atoms with van der Waals surface area (Å²) >= 11 is 0. The summed E-state index contributed by atoms with van der Waals surface area (Å²) < 4.78 is 38.5. The van der Waals surface area contributed by atoms with E-state index < -0.39 is 12.8 Å². The third-order valence-electron chi connectivity index (χ3n) is 4.69. The molecule has 0 fully saturated rings. The second-order valence-electron chi connectivity index (χ2n) is 6.55. The van der Waals surface area contributed by atoms with Crippen LogP contribution in [0.1, 0.15) is 76.7 Å². The quantitative estimate of drug-likeness (QED) is 0.510. The molecule has 0 saturated heterocycles. The number of phenols is 2. The van der Waals surface area contributed by atoms with E-state index in [1.807, 2.05) is 0 Å². The van der Waals surface area contributed by atoms with E-state index in [4.69, 9.17) is 6.85 Å². The van der Waals surface area contributed by atoms with Crippen molar-refractivity contribution in [3.8, 4) is 11.5 Å². The van der Waals surface area contributed by atoms with Gasteiger partial charge in [-0.25, -0.2) is 0 Å². The fourth-order valence-corrected chi connectivity index (χ4v) is 3.42. The molecule has 1 aliphatic carbocycles. The molecule has 2 rings (SSSR count). The van der Waals surface area contributed by atoms with E-state index in [1.165, 1.54) is 0 Å². The average molecular weight is 319 g/mol. The summed E-state index contributed by atoms with van der Waals surface area (Å²) in [6.45, 7) is 1.25. The first kappa shape index (κ1) is 11.8. The van der Waals surface area contributed by atoms with Gasteiger partial charge in [-0.2, -0.15) is 0 Å². The number of unbranched alkanes of at least 4 members (excludes halogenated alkanes) is 2. The molecule has 1 aromatic carbocycles. The summed E-state index contributed by atoms with van der Waals surface area (Å²) in [6.07, 6.45) is 6.27. The van der Waals surface area contributed by atoms with E-state index >= 15 is 0 Å². The van der Waals surface area contributed by atoms with Gasteiger partial charge in [0.25, 0.3) is 0 Å². The first-order valence-electron chi connectivity index (χ1n) is 11.0. The largest absolute Gasteiger partial charge is 0.507 e. The zero-order valence-corrected chi connectivity index (χ0v) is 14.0. The smallest absolute Gasteiger partial charge is 0.123 e. The maximum atomic E-state index is 10.7. The Morgan fingerprint density at radius 3 is 2.70 bits per heavy atom. The van der Waals surface area contributed by atoms with Crippen LogP contribution < -0.4 is 0 Å². The van der Waals surface area contributed by atoms with Crippen molar-refractivity contribution >= 4 is 0 Å². The summed E-state index contributed by atoms with van der Waals surface area (Å²) in [5.41, 5.74) is 1.94. The fraction of sp³-hybridized carbons (Fsp3) is 0.524. The Bertz CT molecular complexity index is 738. The molecule has 0 amide bonds. The van der Waals surface area contributed by atoms with Gasteiger partial charge in [0.15, 0.2) is 0 Å². The number of aryl methyl sites for hydroxylation is 1. The van der Waals surface area contributed by atoms with Crippen LogP contribution in [0.15, 0.2) is 35.9 Å². The van der Waals surface area contributed by atoms with Crippen molar-refractivity contribution in [3.05, 3.63) is 47.0 Å². The molecular formula is C21H30O2. The summed E-state index contributed by atoms with van der Waals surface area (Å²) in [6, 6.07) is 3.28. The van der Waals surface area contributed by atoms with Gasteiger partial charge in [0.05, 0.1) is 2.74 Å². The highest BCUT2D eigenvalue weighted by atomic mass is 16.3. The molecule has 2 N–H and O–H groups in total. The number of aromatic hydroxyl groups is 2. The molecule has 0 aromatic heterocycles. The number of phenolic OH excluding ortho intramolecular Hbond substituents is 2. The molecule has 2 atom stereocenters. The Morgan fingerprint density at radius 1 is 1.35 bits per heavy atom. The van der Waals surface area contributed by atoms with E-state index in [0.29, 0.717) is 24.0 Å². The minimum absolute atomic E-state index is 0.0612. The van der Waals surface area contributed by atoms with Crippen LogP contribution in [-0.2, 0) is 6.42 Å². The third kappa shape index (κ3) is 4.19. The normalized spacial score (nSPS) is 24.6. The molecule has 0 radical (unpaired) electrons. The van der Waals surface area contributed by atoms with Crippen LogP contribution in [0.5, 0.6) is 11.5 Å². The Hall–Kier alpha value is -1.70. The highest BCUT2D eigenvalue weighted by Gasteiger charge is 2.29. The van der Waals surface area contributed by atoms with Crippen LogP contribution in [0.25, 0.3) is 0 Å². The lowest BCUT2D eigenvalue weighted by molar-refractivity contribution is 0.406. The van der Waals surface area contributed by atoms with Crippen LogP contribution in [0.2, 0.25) is 0 Å². The van der Waals surface area contributed by atoms with Crippen LogP contribution in [0, 0.1) is 5.92 Å². The number of rotatable bonds is 6. The zero-order valence-electron chi connectivity index (χ0n) is 19.0. The van der Waals surface area contributed by atoms with Gasteiger partial charge in [-0.05, 0) is 63.1 Å². The molecule has 0 saturated carbocycles. The Balaban J connectivity index is 2.50. The molecule has 1 aromatic rings. The topological polar surface area (TPSA) is 40.5 Å². The lowest BCUT2D eigenvalue weighted by atomic mass is 9.73. The van der Waals surface area contributed by atoms with E-state index in [9.17, 15) is 10.2 Å². The number of allylic oxidation sites excluding steroid dienone is 3. The predicted octanol–water partition coefficient (Wildman–Crippen LogP) is 5.85. The van der Waals surface area contributed by atoms with Crippen molar-refractivity contribution in [1.29, 1.82) is 0 Å². The maximum absolute atomic E-state index is 10.7. The second-order valence-corrected chi connectivity index (χ2v) is 6.55. The fourth-order valence-electron chi connectivity index (χ4n) is 3.42. The molecule has 2 nitrogen and oxygen atoms in total. The van der Waals surface area contributed by atoms with Crippen molar-refractivity contribution in [2.45, 2.75) is 65.1 Å². The molecule has 2 unspecified atom stereocenters. The van der Waals surface area contributed by atoms with Gasteiger partial charge in [-0.15, -0.1) is 0 Å². The second kappa shape index (κ2) is 7.72. The van der Waals surface area contributed by atoms with Crippen molar-refractivity contribution in [2.24, 2.45) is 5.92 Å². The van der Waals surface area contributed by atoms with Gasteiger partial charge < -0.3 is 10.2 Å². The van der Waals surface area contributed by atoms with Gasteiger partial charge in [-0.3, -0.25) is 0 Å². The van der Waals surface area contributed by atoms with Gasteiger partial charge in [-0.1, -0.05) is 43.5 Å².